The Morgan fingerprint density at radius 1 is 1.25 bits per heavy atom. The maximum Gasteiger partial charge on any atom is 0.326 e. The van der Waals surface area contributed by atoms with Gasteiger partial charge in [-0.2, -0.15) is 0 Å². The summed E-state index contributed by atoms with van der Waals surface area (Å²) in [4.78, 5) is 35.9. The molecule has 1 unspecified atom stereocenters. The molecule has 7 heteroatoms. The van der Waals surface area contributed by atoms with Gasteiger partial charge in [-0.05, 0) is 40.0 Å². The number of likely N-dealkylation sites (tertiary alicyclic amines) is 1. The number of carboxylic acid groups (broad SMARTS) is 1. The van der Waals surface area contributed by atoms with Crippen LogP contribution >= 0.6 is 0 Å². The summed E-state index contributed by atoms with van der Waals surface area (Å²) < 4.78 is 0. The number of amides is 3. The highest BCUT2D eigenvalue weighted by Crippen LogP contribution is 2.17. The van der Waals surface area contributed by atoms with Crippen LogP contribution < -0.4 is 10.6 Å². The van der Waals surface area contributed by atoms with Crippen molar-refractivity contribution < 1.29 is 19.5 Å². The van der Waals surface area contributed by atoms with E-state index >= 15 is 0 Å². The lowest BCUT2D eigenvalue weighted by molar-refractivity contribution is -0.143. The van der Waals surface area contributed by atoms with Crippen LogP contribution in [0.25, 0.3) is 0 Å². The lowest BCUT2D eigenvalue weighted by atomic mass is 10.0. The molecule has 0 aromatic heterocycles. The number of urea groups is 1. The number of nitrogens with one attached hydrogen (secondary N) is 2. The molecule has 1 heterocycles. The van der Waals surface area contributed by atoms with Gasteiger partial charge in [0, 0.05) is 12.1 Å². The van der Waals surface area contributed by atoms with Crippen molar-refractivity contribution in [2.24, 2.45) is 0 Å². The van der Waals surface area contributed by atoms with Gasteiger partial charge >= 0.3 is 12.0 Å². The summed E-state index contributed by atoms with van der Waals surface area (Å²) in [5, 5.41) is 14.3. The highest BCUT2D eigenvalue weighted by atomic mass is 16.4. The number of nitrogens with zero attached hydrogens (tertiary/aromatic N) is 1. The first-order valence-electron chi connectivity index (χ1n) is 6.79. The van der Waals surface area contributed by atoms with Crippen LogP contribution in [0.15, 0.2) is 0 Å². The number of aliphatic carboxylic acids is 1. The number of piperidine rings is 1. The minimum atomic E-state index is -1.00. The Labute approximate surface area is 118 Å². The molecule has 0 aliphatic carbocycles. The molecule has 7 nitrogen and oxygen atoms in total. The van der Waals surface area contributed by atoms with Gasteiger partial charge in [0.25, 0.3) is 0 Å². The number of rotatable bonds is 3. The molecule has 0 aromatic carbocycles. The molecule has 3 amide bonds. The van der Waals surface area contributed by atoms with E-state index < -0.39 is 18.0 Å². The third kappa shape index (κ3) is 5.07. The largest absolute Gasteiger partial charge is 0.480 e. The molecule has 0 radical (unpaired) electrons. The Balaban J connectivity index is 2.49. The molecular formula is C13H23N3O4. The summed E-state index contributed by atoms with van der Waals surface area (Å²) in [6, 6.07) is -1.30. The molecule has 0 bridgehead atoms. The van der Waals surface area contributed by atoms with E-state index in [1.807, 2.05) is 20.8 Å². The average Bonchev–Trinajstić information content (AvgIpc) is 2.33. The molecule has 114 valence electrons. The fourth-order valence-electron chi connectivity index (χ4n) is 2.15. The van der Waals surface area contributed by atoms with Crippen molar-refractivity contribution >= 4 is 17.9 Å². The van der Waals surface area contributed by atoms with Gasteiger partial charge in [0.05, 0.1) is 6.54 Å². The Morgan fingerprint density at radius 2 is 1.90 bits per heavy atom. The molecule has 3 N–H and O–H groups in total. The zero-order valence-corrected chi connectivity index (χ0v) is 12.2. The molecule has 20 heavy (non-hydrogen) atoms. The van der Waals surface area contributed by atoms with Crippen molar-refractivity contribution in [1.29, 1.82) is 0 Å². The van der Waals surface area contributed by atoms with E-state index in [0.29, 0.717) is 13.0 Å². The van der Waals surface area contributed by atoms with E-state index in [1.165, 1.54) is 4.90 Å². The first kappa shape index (κ1) is 16.3. The highest BCUT2D eigenvalue weighted by Gasteiger charge is 2.32. The van der Waals surface area contributed by atoms with Gasteiger partial charge in [-0.25, -0.2) is 9.59 Å². The maximum atomic E-state index is 12.0. The van der Waals surface area contributed by atoms with Crippen LogP contribution in [0.3, 0.4) is 0 Å². The lowest BCUT2D eigenvalue weighted by Crippen LogP contribution is -2.54. The van der Waals surface area contributed by atoms with Crippen LogP contribution in [-0.2, 0) is 9.59 Å². The van der Waals surface area contributed by atoms with E-state index in [0.717, 1.165) is 12.8 Å². The Morgan fingerprint density at radius 3 is 2.45 bits per heavy atom. The van der Waals surface area contributed by atoms with E-state index in [1.54, 1.807) is 0 Å². The minimum absolute atomic E-state index is 0.154. The third-order valence-electron chi connectivity index (χ3n) is 2.96. The van der Waals surface area contributed by atoms with Crippen molar-refractivity contribution in [3.8, 4) is 0 Å². The van der Waals surface area contributed by atoms with Gasteiger partial charge in [-0.15, -0.1) is 0 Å². The van der Waals surface area contributed by atoms with Crippen LogP contribution in [0, 0.1) is 0 Å². The highest BCUT2D eigenvalue weighted by molar-refractivity contribution is 5.87. The van der Waals surface area contributed by atoms with Crippen LogP contribution in [0.4, 0.5) is 4.79 Å². The van der Waals surface area contributed by atoms with Gasteiger partial charge in [0.2, 0.25) is 5.91 Å². The summed E-state index contributed by atoms with van der Waals surface area (Å²) in [5.74, 6) is -1.30. The average molecular weight is 285 g/mol. The summed E-state index contributed by atoms with van der Waals surface area (Å²) in [7, 11) is 0. The SMILES string of the molecule is CC(C)(C)NC(=O)CNC(=O)N1CCCCC1C(=O)O. The summed E-state index contributed by atoms with van der Waals surface area (Å²) in [6.45, 7) is 5.79. The fourth-order valence-corrected chi connectivity index (χ4v) is 2.15. The normalized spacial score (nSPS) is 19.4. The second-order valence-corrected chi connectivity index (χ2v) is 6.00. The second-order valence-electron chi connectivity index (χ2n) is 6.00. The van der Waals surface area contributed by atoms with Crippen molar-refractivity contribution in [2.75, 3.05) is 13.1 Å². The Bertz CT molecular complexity index is 390. The van der Waals surface area contributed by atoms with Crippen LogP contribution in [-0.4, -0.2) is 52.6 Å². The van der Waals surface area contributed by atoms with E-state index in [9.17, 15) is 14.4 Å². The smallest absolute Gasteiger partial charge is 0.326 e. The number of carbonyl (C=O) groups excluding carboxylic acids is 2. The van der Waals surface area contributed by atoms with Crippen molar-refractivity contribution in [1.82, 2.24) is 15.5 Å². The zero-order valence-electron chi connectivity index (χ0n) is 12.2. The van der Waals surface area contributed by atoms with Crippen molar-refractivity contribution in [2.45, 2.75) is 51.6 Å². The quantitative estimate of drug-likeness (QED) is 0.705. The molecule has 1 aliphatic heterocycles. The molecule has 1 rings (SSSR count). The van der Waals surface area contributed by atoms with E-state index in [2.05, 4.69) is 10.6 Å². The predicted octanol–water partition coefficient (Wildman–Crippen LogP) is 0.550. The summed E-state index contributed by atoms with van der Waals surface area (Å²) in [6.07, 6.45) is 2.04. The number of carboxylic acids is 1. The van der Waals surface area contributed by atoms with Gasteiger partial charge in [-0.3, -0.25) is 4.79 Å². The summed E-state index contributed by atoms with van der Waals surface area (Å²) in [5.41, 5.74) is -0.365. The standard InChI is InChI=1S/C13H23N3O4/c1-13(2,3)15-10(17)8-14-12(20)16-7-5-4-6-9(16)11(18)19/h9H,4-8H2,1-3H3,(H,14,20)(H,15,17)(H,18,19). The van der Waals surface area contributed by atoms with E-state index in [4.69, 9.17) is 5.11 Å². The van der Waals surface area contributed by atoms with Crippen molar-refractivity contribution in [3.05, 3.63) is 0 Å². The first-order valence-corrected chi connectivity index (χ1v) is 6.79. The third-order valence-corrected chi connectivity index (χ3v) is 2.96. The monoisotopic (exact) mass is 285 g/mol. The number of hydrogen-bond acceptors (Lipinski definition) is 3. The zero-order chi connectivity index (χ0) is 15.3. The van der Waals surface area contributed by atoms with Crippen LogP contribution in [0.1, 0.15) is 40.0 Å². The lowest BCUT2D eigenvalue weighted by Gasteiger charge is -2.32. The minimum Gasteiger partial charge on any atom is -0.480 e. The molecule has 1 atom stereocenters. The molecule has 1 aliphatic rings. The van der Waals surface area contributed by atoms with Gasteiger partial charge in [0.15, 0.2) is 0 Å². The predicted molar refractivity (Wildman–Crippen MR) is 73.3 cm³/mol. The van der Waals surface area contributed by atoms with Gasteiger partial charge in [-0.1, -0.05) is 0 Å². The van der Waals surface area contributed by atoms with Crippen LogP contribution in [0.2, 0.25) is 0 Å². The molecule has 1 saturated heterocycles. The summed E-state index contributed by atoms with van der Waals surface area (Å²) >= 11 is 0. The van der Waals surface area contributed by atoms with Crippen LogP contribution in [0.5, 0.6) is 0 Å². The number of hydrogen-bond donors (Lipinski definition) is 3. The second kappa shape index (κ2) is 6.58. The molecule has 0 saturated carbocycles. The fraction of sp³-hybridized carbons (Fsp3) is 0.769. The molecule has 0 spiro atoms. The molecule has 1 fully saturated rings. The maximum absolute atomic E-state index is 12.0. The van der Waals surface area contributed by atoms with E-state index in [-0.39, 0.29) is 18.0 Å². The van der Waals surface area contributed by atoms with Gasteiger partial charge in [0.1, 0.15) is 6.04 Å². The number of carbonyl (C=O) groups is 3. The molecular weight excluding hydrogens is 262 g/mol. The molecule has 0 aromatic rings. The topological polar surface area (TPSA) is 98.7 Å². The first-order chi connectivity index (χ1) is 9.20. The van der Waals surface area contributed by atoms with Crippen molar-refractivity contribution in [3.63, 3.8) is 0 Å². The Hall–Kier alpha value is -1.79. The van der Waals surface area contributed by atoms with Gasteiger partial charge < -0.3 is 20.6 Å². The Kier molecular flexibility index (Phi) is 5.35.